The average molecular weight is 380 g/mol. The van der Waals surface area contributed by atoms with Crippen LogP contribution in [0.4, 0.5) is 0 Å². The number of nitrogens with two attached hydrogens (primary N) is 1. The minimum Gasteiger partial charge on any atom is -0.481 e. The molecule has 0 spiro atoms. The summed E-state index contributed by atoms with van der Waals surface area (Å²) < 4.78 is 5.14. The molecular weight excluding hydrogens is 365 g/mol. The highest BCUT2D eigenvalue weighted by Crippen LogP contribution is 2.33. The van der Waals surface area contributed by atoms with Crippen molar-refractivity contribution in [3.8, 4) is 5.75 Å². The van der Waals surface area contributed by atoms with Gasteiger partial charge < -0.3 is 10.5 Å². The number of amides is 2. The topological polar surface area (TPSA) is 93.8 Å². The molecule has 0 aliphatic rings. The smallest absolute Gasteiger partial charge is 0.271 e. The van der Waals surface area contributed by atoms with E-state index in [1.807, 2.05) is 19.1 Å². The Hall–Kier alpha value is -2.57. The summed E-state index contributed by atoms with van der Waals surface area (Å²) in [5, 5.41) is 4.26. The minimum absolute atomic E-state index is 0.156. The number of primary amides is 1. The van der Waals surface area contributed by atoms with Crippen molar-refractivity contribution >= 4 is 41.2 Å². The van der Waals surface area contributed by atoms with Crippen molar-refractivity contribution in [2.24, 2.45) is 10.8 Å². The highest BCUT2D eigenvalue weighted by Gasteiger charge is 2.10. The molecule has 2 amide bonds. The summed E-state index contributed by atoms with van der Waals surface area (Å²) in [5.41, 5.74) is 9.52. The third kappa shape index (κ3) is 5.48. The van der Waals surface area contributed by atoms with Crippen molar-refractivity contribution < 1.29 is 14.3 Å². The number of aryl methyl sites for hydroxylation is 1. The zero-order valence-electron chi connectivity index (χ0n) is 13.3. The average Bonchev–Trinajstić information content (AvgIpc) is 2.54. The molecule has 130 valence electrons. The number of hydrogen-bond donors (Lipinski definition) is 2. The highest BCUT2D eigenvalue weighted by atomic mass is 35.5. The lowest BCUT2D eigenvalue weighted by Gasteiger charge is -2.09. The molecule has 8 heteroatoms. The van der Waals surface area contributed by atoms with Gasteiger partial charge in [0.15, 0.2) is 12.4 Å². The lowest BCUT2D eigenvalue weighted by molar-refractivity contribution is -0.119. The third-order valence-corrected chi connectivity index (χ3v) is 3.63. The lowest BCUT2D eigenvalue weighted by atomic mass is 10.1. The van der Waals surface area contributed by atoms with Gasteiger partial charge >= 0.3 is 0 Å². The number of halogens is 2. The fourth-order valence-electron chi connectivity index (χ4n) is 1.87. The van der Waals surface area contributed by atoms with Gasteiger partial charge in [0, 0.05) is 5.56 Å². The van der Waals surface area contributed by atoms with Gasteiger partial charge in [0.2, 0.25) is 0 Å². The first-order valence-corrected chi connectivity index (χ1v) is 7.92. The standard InChI is InChI=1S/C17H15Cl2N3O3/c1-10-2-4-12(5-3-10)17(24)22-21-8-11-6-13(18)16(14(19)7-11)25-9-15(20)23/h2-8H,9H2,1H3,(H2,20,23)(H,22,24)/b21-8+. The Kier molecular flexibility index (Phi) is 6.38. The van der Waals surface area contributed by atoms with Gasteiger partial charge in [-0.3, -0.25) is 9.59 Å². The van der Waals surface area contributed by atoms with Crippen molar-refractivity contribution in [3.05, 3.63) is 63.1 Å². The molecule has 0 aliphatic carbocycles. The monoisotopic (exact) mass is 379 g/mol. The Labute approximate surface area is 154 Å². The minimum atomic E-state index is -0.642. The molecule has 2 aromatic carbocycles. The van der Waals surface area contributed by atoms with E-state index in [-0.39, 0.29) is 28.3 Å². The molecule has 0 heterocycles. The highest BCUT2D eigenvalue weighted by molar-refractivity contribution is 6.37. The number of benzene rings is 2. The molecule has 0 fully saturated rings. The van der Waals surface area contributed by atoms with Crippen molar-refractivity contribution in [2.75, 3.05) is 6.61 Å². The van der Waals surface area contributed by atoms with Crippen molar-refractivity contribution in [1.29, 1.82) is 0 Å². The molecule has 2 aromatic rings. The summed E-state index contributed by atoms with van der Waals surface area (Å²) in [5.74, 6) is -0.825. The summed E-state index contributed by atoms with van der Waals surface area (Å²) in [4.78, 5) is 22.7. The van der Waals surface area contributed by atoms with E-state index < -0.39 is 5.91 Å². The Morgan fingerprint density at radius 3 is 2.36 bits per heavy atom. The summed E-state index contributed by atoms with van der Waals surface area (Å²) >= 11 is 12.1. The van der Waals surface area contributed by atoms with Gasteiger partial charge in [-0.2, -0.15) is 5.10 Å². The number of carbonyl (C=O) groups excluding carboxylic acids is 2. The second-order valence-corrected chi connectivity index (χ2v) is 5.95. The molecule has 0 saturated heterocycles. The molecule has 0 saturated carbocycles. The lowest BCUT2D eigenvalue weighted by Crippen LogP contribution is -2.20. The van der Waals surface area contributed by atoms with Gasteiger partial charge in [-0.1, -0.05) is 40.9 Å². The summed E-state index contributed by atoms with van der Waals surface area (Å²) in [6.07, 6.45) is 1.39. The van der Waals surface area contributed by atoms with E-state index in [4.69, 9.17) is 33.7 Å². The van der Waals surface area contributed by atoms with Crippen LogP contribution in [-0.2, 0) is 4.79 Å². The van der Waals surface area contributed by atoms with E-state index in [0.29, 0.717) is 11.1 Å². The Bertz CT molecular complexity index is 797. The van der Waals surface area contributed by atoms with Crippen LogP contribution in [0.2, 0.25) is 10.0 Å². The van der Waals surface area contributed by atoms with Crippen LogP contribution in [0.25, 0.3) is 0 Å². The fraction of sp³-hybridized carbons (Fsp3) is 0.118. The van der Waals surface area contributed by atoms with E-state index in [1.165, 1.54) is 18.3 Å². The maximum absolute atomic E-state index is 11.9. The summed E-state index contributed by atoms with van der Waals surface area (Å²) in [7, 11) is 0. The zero-order valence-corrected chi connectivity index (χ0v) is 14.8. The molecule has 0 unspecified atom stereocenters. The Balaban J connectivity index is 2.04. The van der Waals surface area contributed by atoms with Gasteiger partial charge in [-0.25, -0.2) is 5.43 Å². The van der Waals surface area contributed by atoms with Crippen LogP contribution < -0.4 is 15.9 Å². The van der Waals surface area contributed by atoms with Crippen molar-refractivity contribution in [3.63, 3.8) is 0 Å². The van der Waals surface area contributed by atoms with Crippen molar-refractivity contribution in [2.45, 2.75) is 6.92 Å². The SMILES string of the molecule is Cc1ccc(C(=O)N/N=C/c2cc(Cl)c(OCC(N)=O)c(Cl)c2)cc1. The summed E-state index contributed by atoms with van der Waals surface area (Å²) in [6, 6.07) is 10.2. The van der Waals surface area contributed by atoms with Gasteiger partial charge in [0.1, 0.15) is 0 Å². The molecule has 0 radical (unpaired) electrons. The normalized spacial score (nSPS) is 10.7. The molecule has 0 atom stereocenters. The van der Waals surface area contributed by atoms with Crippen LogP contribution in [0.1, 0.15) is 21.5 Å². The second kappa shape index (κ2) is 8.50. The van der Waals surface area contributed by atoms with E-state index in [1.54, 1.807) is 12.1 Å². The van der Waals surface area contributed by atoms with Gasteiger partial charge in [-0.05, 0) is 36.8 Å². The maximum atomic E-state index is 11.9. The molecule has 0 aromatic heterocycles. The number of ether oxygens (including phenoxy) is 1. The first-order chi connectivity index (χ1) is 11.9. The molecular formula is C17H15Cl2N3O3. The van der Waals surface area contributed by atoms with Crippen LogP contribution in [0.3, 0.4) is 0 Å². The number of rotatable bonds is 6. The van der Waals surface area contributed by atoms with E-state index in [9.17, 15) is 9.59 Å². The molecule has 0 aliphatic heterocycles. The quantitative estimate of drug-likeness (QED) is 0.596. The third-order valence-electron chi connectivity index (χ3n) is 3.07. The number of carbonyl (C=O) groups is 2. The predicted octanol–water partition coefficient (Wildman–Crippen LogP) is 2.93. The van der Waals surface area contributed by atoms with Gasteiger partial charge in [0.05, 0.1) is 16.3 Å². The summed E-state index contributed by atoms with van der Waals surface area (Å²) in [6.45, 7) is 1.60. The second-order valence-electron chi connectivity index (χ2n) is 5.13. The predicted molar refractivity (Wildman–Crippen MR) is 97.4 cm³/mol. The molecule has 6 nitrogen and oxygen atoms in total. The number of hydrazone groups is 1. The van der Waals surface area contributed by atoms with E-state index >= 15 is 0 Å². The van der Waals surface area contributed by atoms with Gasteiger partial charge in [0.25, 0.3) is 11.8 Å². The Morgan fingerprint density at radius 2 is 1.80 bits per heavy atom. The van der Waals surface area contributed by atoms with Crippen molar-refractivity contribution in [1.82, 2.24) is 5.43 Å². The van der Waals surface area contributed by atoms with Crippen LogP contribution in [0.5, 0.6) is 5.75 Å². The first-order valence-electron chi connectivity index (χ1n) is 7.17. The molecule has 3 N–H and O–H groups in total. The molecule has 25 heavy (non-hydrogen) atoms. The van der Waals surface area contributed by atoms with Crippen LogP contribution in [-0.4, -0.2) is 24.6 Å². The maximum Gasteiger partial charge on any atom is 0.271 e. The number of nitrogens with zero attached hydrogens (tertiary/aromatic N) is 1. The van der Waals surface area contributed by atoms with Crippen LogP contribution >= 0.6 is 23.2 Å². The number of hydrogen-bond acceptors (Lipinski definition) is 4. The molecule has 0 bridgehead atoms. The zero-order chi connectivity index (χ0) is 18.4. The van der Waals surface area contributed by atoms with E-state index in [2.05, 4.69) is 10.5 Å². The first kappa shape index (κ1) is 18.8. The largest absolute Gasteiger partial charge is 0.481 e. The number of nitrogens with one attached hydrogen (secondary N) is 1. The van der Waals surface area contributed by atoms with E-state index in [0.717, 1.165) is 5.56 Å². The fourth-order valence-corrected chi connectivity index (χ4v) is 2.48. The Morgan fingerprint density at radius 1 is 1.20 bits per heavy atom. The van der Waals surface area contributed by atoms with Gasteiger partial charge in [-0.15, -0.1) is 0 Å². The molecule has 2 rings (SSSR count). The van der Waals surface area contributed by atoms with Crippen LogP contribution in [0.15, 0.2) is 41.5 Å². The van der Waals surface area contributed by atoms with Crippen LogP contribution in [0, 0.1) is 6.92 Å².